The molecule has 0 bridgehead atoms. The van der Waals surface area contributed by atoms with Crippen molar-refractivity contribution in [2.24, 2.45) is 9.98 Å². The van der Waals surface area contributed by atoms with E-state index in [1.807, 2.05) is 0 Å². The molecule has 3 rings (SSSR count). The molecule has 130 valence electrons. The molecule has 25 heavy (non-hydrogen) atoms. The van der Waals surface area contributed by atoms with Crippen LogP contribution in [0.4, 0.5) is 24.5 Å². The zero-order valence-electron chi connectivity index (χ0n) is 13.3. The molecular weight excluding hydrogens is 335 g/mol. The van der Waals surface area contributed by atoms with E-state index in [1.165, 1.54) is 7.05 Å². The first-order valence-corrected chi connectivity index (χ1v) is 7.32. The van der Waals surface area contributed by atoms with Gasteiger partial charge in [0, 0.05) is 30.8 Å². The molecule has 0 aromatic heterocycles. The highest BCUT2D eigenvalue weighted by Crippen LogP contribution is 2.37. The van der Waals surface area contributed by atoms with Gasteiger partial charge < -0.3 is 14.8 Å². The Morgan fingerprint density at radius 2 is 1.64 bits per heavy atom. The van der Waals surface area contributed by atoms with Gasteiger partial charge in [-0.15, -0.1) is 0 Å². The number of anilines is 1. The first kappa shape index (κ1) is 16.8. The summed E-state index contributed by atoms with van der Waals surface area (Å²) in [6.45, 7) is 4.26. The van der Waals surface area contributed by atoms with Gasteiger partial charge in [-0.3, -0.25) is 9.98 Å². The van der Waals surface area contributed by atoms with E-state index in [-0.39, 0.29) is 5.84 Å². The zero-order chi connectivity index (χ0) is 18.0. The lowest BCUT2D eigenvalue weighted by Crippen LogP contribution is -2.19. The predicted octanol–water partition coefficient (Wildman–Crippen LogP) is 3.70. The average Bonchev–Trinajstić information content (AvgIpc) is 2.60. The van der Waals surface area contributed by atoms with Gasteiger partial charge >= 0.3 is 0 Å². The van der Waals surface area contributed by atoms with Crippen molar-refractivity contribution < 1.29 is 22.6 Å². The maximum Gasteiger partial charge on any atom is 0.163 e. The summed E-state index contributed by atoms with van der Waals surface area (Å²) in [4.78, 5) is 7.90. The number of ether oxygens (including phenoxy) is 2. The molecule has 0 fully saturated rings. The highest BCUT2D eigenvalue weighted by Gasteiger charge is 2.20. The molecule has 2 aromatic carbocycles. The summed E-state index contributed by atoms with van der Waals surface area (Å²) in [6.07, 6.45) is 0. The molecule has 0 saturated carbocycles. The van der Waals surface area contributed by atoms with Gasteiger partial charge in [-0.05, 0) is 12.8 Å². The minimum absolute atomic E-state index is 0.115. The largest absolute Gasteiger partial charge is 0.486 e. The number of rotatable bonds is 3. The Morgan fingerprint density at radius 3 is 2.20 bits per heavy atom. The second kappa shape index (κ2) is 6.84. The van der Waals surface area contributed by atoms with E-state index in [0.717, 1.165) is 0 Å². The monoisotopic (exact) mass is 349 g/mol. The fraction of sp³-hybridized carbons (Fsp3) is 0.176. The summed E-state index contributed by atoms with van der Waals surface area (Å²) >= 11 is 0. The van der Waals surface area contributed by atoms with E-state index >= 15 is 0 Å². The molecule has 0 spiro atoms. The van der Waals surface area contributed by atoms with Crippen LogP contribution in [-0.2, 0) is 0 Å². The summed E-state index contributed by atoms with van der Waals surface area (Å²) in [5.41, 5.74) is 0.275. The second-order valence-corrected chi connectivity index (χ2v) is 5.11. The van der Waals surface area contributed by atoms with E-state index in [4.69, 9.17) is 9.47 Å². The molecule has 0 saturated heterocycles. The lowest BCUT2D eigenvalue weighted by Gasteiger charge is -2.21. The predicted molar refractivity (Wildman–Crippen MR) is 89.0 cm³/mol. The number of fused-ring (bicyclic) bond motifs is 1. The average molecular weight is 349 g/mol. The Balaban J connectivity index is 2.03. The van der Waals surface area contributed by atoms with Crippen molar-refractivity contribution >= 4 is 23.9 Å². The Labute approximate surface area is 141 Å². The quantitative estimate of drug-likeness (QED) is 0.679. The van der Waals surface area contributed by atoms with E-state index in [9.17, 15) is 13.2 Å². The molecule has 0 aliphatic carbocycles. The summed E-state index contributed by atoms with van der Waals surface area (Å²) in [5, 5.41) is 2.54. The number of benzene rings is 2. The summed E-state index contributed by atoms with van der Waals surface area (Å²) in [7, 11) is 1.44. The Hall–Kier alpha value is -3.03. The molecule has 0 radical (unpaired) electrons. The van der Waals surface area contributed by atoms with Crippen LogP contribution in [0.1, 0.15) is 5.56 Å². The van der Waals surface area contributed by atoms with Crippen LogP contribution in [0, 0.1) is 17.5 Å². The highest BCUT2D eigenvalue weighted by atomic mass is 19.1. The first-order chi connectivity index (χ1) is 12.0. The number of aliphatic imine (C=N–C) groups is 2. The third-order valence-corrected chi connectivity index (χ3v) is 3.56. The van der Waals surface area contributed by atoms with E-state index < -0.39 is 23.1 Å². The third-order valence-electron chi connectivity index (χ3n) is 3.56. The molecule has 0 unspecified atom stereocenters. The topological polar surface area (TPSA) is 55.2 Å². The van der Waals surface area contributed by atoms with Crippen LogP contribution < -0.4 is 14.8 Å². The van der Waals surface area contributed by atoms with Gasteiger partial charge in [0.05, 0.1) is 5.69 Å². The molecule has 1 heterocycles. The minimum Gasteiger partial charge on any atom is -0.486 e. The van der Waals surface area contributed by atoms with E-state index in [2.05, 4.69) is 22.0 Å². The van der Waals surface area contributed by atoms with Gasteiger partial charge in [-0.25, -0.2) is 13.2 Å². The fourth-order valence-corrected chi connectivity index (χ4v) is 2.42. The molecule has 1 N–H and O–H groups in total. The van der Waals surface area contributed by atoms with Crippen molar-refractivity contribution in [3.63, 3.8) is 0 Å². The van der Waals surface area contributed by atoms with E-state index in [1.54, 1.807) is 12.1 Å². The number of hydrogen-bond acceptors (Lipinski definition) is 4. The summed E-state index contributed by atoms with van der Waals surface area (Å²) in [5.74, 6) is -2.11. The minimum atomic E-state index is -1.08. The highest BCUT2D eigenvalue weighted by molar-refractivity contribution is 6.12. The molecule has 0 atom stereocenters. The molecular formula is C17H14F3N3O2. The molecule has 1 aliphatic heterocycles. The molecule has 5 nitrogen and oxygen atoms in total. The van der Waals surface area contributed by atoms with Gasteiger partial charge in [0.25, 0.3) is 0 Å². The first-order valence-electron chi connectivity index (χ1n) is 7.32. The van der Waals surface area contributed by atoms with Gasteiger partial charge in [-0.2, -0.15) is 0 Å². The maximum atomic E-state index is 13.9. The lowest BCUT2D eigenvalue weighted by molar-refractivity contribution is 0.171. The molecule has 0 amide bonds. The molecule has 2 aromatic rings. The van der Waals surface area contributed by atoms with E-state index in [0.29, 0.717) is 48.1 Å². The van der Waals surface area contributed by atoms with Crippen LogP contribution in [-0.4, -0.2) is 32.8 Å². The lowest BCUT2D eigenvalue weighted by atomic mass is 10.1. The Kier molecular flexibility index (Phi) is 4.60. The van der Waals surface area contributed by atoms with Gasteiger partial charge in [0.2, 0.25) is 0 Å². The van der Waals surface area contributed by atoms with Crippen molar-refractivity contribution in [2.75, 3.05) is 25.6 Å². The molecule has 1 aliphatic rings. The number of amidine groups is 1. The smallest absolute Gasteiger partial charge is 0.163 e. The number of nitrogens with one attached hydrogen (secondary N) is 1. The van der Waals surface area contributed by atoms with Crippen LogP contribution in [0.5, 0.6) is 11.5 Å². The van der Waals surface area contributed by atoms with Gasteiger partial charge in [-0.1, -0.05) is 0 Å². The van der Waals surface area contributed by atoms with Crippen molar-refractivity contribution in [2.45, 2.75) is 0 Å². The fourth-order valence-electron chi connectivity index (χ4n) is 2.42. The van der Waals surface area contributed by atoms with Crippen LogP contribution in [0.15, 0.2) is 34.3 Å². The van der Waals surface area contributed by atoms with Crippen LogP contribution in [0.25, 0.3) is 0 Å². The van der Waals surface area contributed by atoms with Crippen molar-refractivity contribution in [3.8, 4) is 11.5 Å². The Morgan fingerprint density at radius 1 is 1.04 bits per heavy atom. The molecule has 8 heteroatoms. The third kappa shape index (κ3) is 3.28. The number of nitrogens with zero attached hydrogens (tertiary/aromatic N) is 2. The normalized spacial score (nSPS) is 13.5. The van der Waals surface area contributed by atoms with Crippen molar-refractivity contribution in [1.82, 2.24) is 0 Å². The zero-order valence-corrected chi connectivity index (χ0v) is 13.3. The summed E-state index contributed by atoms with van der Waals surface area (Å²) in [6, 6.07) is 4.35. The van der Waals surface area contributed by atoms with Crippen molar-refractivity contribution in [3.05, 3.63) is 47.3 Å². The van der Waals surface area contributed by atoms with Crippen LogP contribution in [0.2, 0.25) is 0 Å². The maximum absolute atomic E-state index is 13.9. The van der Waals surface area contributed by atoms with Crippen molar-refractivity contribution in [1.29, 1.82) is 0 Å². The van der Waals surface area contributed by atoms with Gasteiger partial charge in [0.15, 0.2) is 23.1 Å². The number of halogens is 3. The summed E-state index contributed by atoms with van der Waals surface area (Å²) < 4.78 is 51.8. The SMILES string of the molecule is C=Nc1cc2c(cc1/C(=N\C)Nc1c(F)cc(F)cc1F)OCCO2. The number of hydrogen-bond donors (Lipinski definition) is 1. The Bertz CT molecular complexity index is 845. The van der Waals surface area contributed by atoms with Crippen LogP contribution in [0.3, 0.4) is 0 Å². The van der Waals surface area contributed by atoms with Crippen LogP contribution >= 0.6 is 0 Å². The standard InChI is InChI=1S/C17H14F3N3O2/c1-21-13-8-15-14(24-3-4-25-15)7-10(13)17(22-2)23-16-11(19)5-9(18)6-12(16)20/h5-8H,1,3-4H2,2H3,(H,22,23). The second-order valence-electron chi connectivity index (χ2n) is 5.11. The van der Waals surface area contributed by atoms with Gasteiger partial charge in [0.1, 0.15) is 30.6 Å².